The van der Waals surface area contributed by atoms with Gasteiger partial charge in [-0.1, -0.05) is 12.1 Å². The number of benzene rings is 1. The van der Waals surface area contributed by atoms with Gasteiger partial charge in [0.2, 0.25) is 0 Å². The summed E-state index contributed by atoms with van der Waals surface area (Å²) in [4.78, 5) is 19.4. The molecule has 4 rings (SSSR count). The highest BCUT2D eigenvalue weighted by Crippen LogP contribution is 2.26. The van der Waals surface area contributed by atoms with Gasteiger partial charge in [-0.3, -0.25) is 9.80 Å². The Balaban J connectivity index is 1.27. The number of hydrogen-bond acceptors (Lipinski definition) is 5. The van der Waals surface area contributed by atoms with Crippen LogP contribution in [0, 0.1) is 6.92 Å². The fourth-order valence-corrected chi connectivity index (χ4v) is 3.77. The van der Waals surface area contributed by atoms with Gasteiger partial charge in [-0.2, -0.15) is 0 Å². The van der Waals surface area contributed by atoms with Crippen molar-refractivity contribution in [1.29, 1.82) is 0 Å². The second-order valence-electron chi connectivity index (χ2n) is 7.29. The number of morpholine rings is 1. The number of nitrogens with one attached hydrogen (secondary N) is 1. The zero-order valence-electron chi connectivity index (χ0n) is 15.9. The normalized spacial score (nSPS) is 19.5. The Morgan fingerprint density at radius 2 is 1.74 bits per heavy atom. The maximum absolute atomic E-state index is 12.7. The summed E-state index contributed by atoms with van der Waals surface area (Å²) in [6.45, 7) is 11.1. The second-order valence-corrected chi connectivity index (χ2v) is 7.29. The number of furan rings is 1. The number of para-hydroxylation sites is 1. The van der Waals surface area contributed by atoms with Crippen LogP contribution < -0.4 is 5.32 Å². The summed E-state index contributed by atoms with van der Waals surface area (Å²) in [5, 5.41) is 4.03. The van der Waals surface area contributed by atoms with Crippen molar-refractivity contribution in [3.8, 4) is 0 Å². The molecule has 2 aromatic rings. The van der Waals surface area contributed by atoms with Crippen molar-refractivity contribution in [3.05, 3.63) is 30.0 Å². The highest BCUT2D eigenvalue weighted by molar-refractivity contribution is 5.99. The molecule has 7 heteroatoms. The van der Waals surface area contributed by atoms with Gasteiger partial charge in [-0.15, -0.1) is 0 Å². The number of fused-ring (bicyclic) bond motifs is 1. The molecule has 0 unspecified atom stereocenters. The van der Waals surface area contributed by atoms with Crippen molar-refractivity contribution in [2.45, 2.75) is 6.92 Å². The zero-order valence-corrected chi connectivity index (χ0v) is 15.9. The first-order chi connectivity index (χ1) is 13.2. The van der Waals surface area contributed by atoms with Crippen LogP contribution in [0.2, 0.25) is 0 Å². The Bertz CT molecular complexity index is 777. The smallest absolute Gasteiger partial charge is 0.322 e. The molecule has 1 N–H and O–H groups in total. The van der Waals surface area contributed by atoms with E-state index in [1.54, 1.807) is 0 Å². The SMILES string of the molecule is Cc1cc2cccc(NC(=O)N3CCN(CCN4CCOCC4)CC3)c2o1. The first kappa shape index (κ1) is 18.3. The van der Waals surface area contributed by atoms with Crippen LogP contribution in [0.3, 0.4) is 0 Å². The van der Waals surface area contributed by atoms with E-state index < -0.39 is 0 Å². The van der Waals surface area contributed by atoms with Gasteiger partial charge in [0.25, 0.3) is 0 Å². The average molecular weight is 372 g/mol. The molecular weight excluding hydrogens is 344 g/mol. The highest BCUT2D eigenvalue weighted by atomic mass is 16.5. The minimum Gasteiger partial charge on any atom is -0.459 e. The van der Waals surface area contributed by atoms with E-state index >= 15 is 0 Å². The van der Waals surface area contributed by atoms with Crippen molar-refractivity contribution in [3.63, 3.8) is 0 Å². The summed E-state index contributed by atoms with van der Waals surface area (Å²) in [6.07, 6.45) is 0. The lowest BCUT2D eigenvalue weighted by Crippen LogP contribution is -2.51. The fraction of sp³-hybridized carbons (Fsp3) is 0.550. The third-order valence-electron chi connectivity index (χ3n) is 5.40. The van der Waals surface area contributed by atoms with Crippen molar-refractivity contribution < 1.29 is 13.9 Å². The summed E-state index contributed by atoms with van der Waals surface area (Å²) in [7, 11) is 0. The van der Waals surface area contributed by atoms with Gasteiger partial charge in [0.15, 0.2) is 5.58 Å². The van der Waals surface area contributed by atoms with Crippen molar-refractivity contribution in [2.24, 2.45) is 0 Å². The minimum absolute atomic E-state index is 0.0515. The average Bonchev–Trinajstić information content (AvgIpc) is 3.09. The molecule has 0 aliphatic carbocycles. The monoisotopic (exact) mass is 372 g/mol. The van der Waals surface area contributed by atoms with E-state index in [2.05, 4.69) is 15.1 Å². The number of nitrogens with zero attached hydrogens (tertiary/aromatic N) is 3. The van der Waals surface area contributed by atoms with Crippen molar-refractivity contribution >= 4 is 22.7 Å². The molecular formula is C20H28N4O3. The predicted octanol–water partition coefficient (Wildman–Crippen LogP) is 2.22. The van der Waals surface area contributed by atoms with Crippen molar-refractivity contribution in [2.75, 3.05) is 70.9 Å². The van der Waals surface area contributed by atoms with Crippen LogP contribution in [0.5, 0.6) is 0 Å². The van der Waals surface area contributed by atoms with E-state index in [0.29, 0.717) is 0 Å². The Kier molecular flexibility index (Phi) is 5.61. The quantitative estimate of drug-likeness (QED) is 0.892. The van der Waals surface area contributed by atoms with Gasteiger partial charge in [0.1, 0.15) is 5.76 Å². The van der Waals surface area contributed by atoms with E-state index in [9.17, 15) is 4.79 Å². The van der Waals surface area contributed by atoms with Gasteiger partial charge in [-0.25, -0.2) is 4.79 Å². The summed E-state index contributed by atoms with van der Waals surface area (Å²) < 4.78 is 11.1. The van der Waals surface area contributed by atoms with E-state index in [4.69, 9.17) is 9.15 Å². The van der Waals surface area contributed by atoms with Crippen LogP contribution in [0.15, 0.2) is 28.7 Å². The van der Waals surface area contributed by atoms with Crippen LogP contribution >= 0.6 is 0 Å². The molecule has 2 aliphatic rings. The highest BCUT2D eigenvalue weighted by Gasteiger charge is 2.22. The number of carbonyl (C=O) groups excluding carboxylic acids is 1. The third kappa shape index (κ3) is 4.43. The molecule has 2 saturated heterocycles. The first-order valence-corrected chi connectivity index (χ1v) is 9.76. The Labute approximate surface area is 159 Å². The first-order valence-electron chi connectivity index (χ1n) is 9.76. The Hall–Kier alpha value is -2.09. The summed E-state index contributed by atoms with van der Waals surface area (Å²) >= 11 is 0. The molecule has 2 aliphatic heterocycles. The molecule has 3 heterocycles. The van der Waals surface area contributed by atoms with E-state index in [1.807, 2.05) is 36.1 Å². The number of carbonyl (C=O) groups is 1. The van der Waals surface area contributed by atoms with E-state index in [0.717, 1.165) is 88.0 Å². The summed E-state index contributed by atoms with van der Waals surface area (Å²) in [5.41, 5.74) is 1.48. The molecule has 2 amide bonds. The maximum atomic E-state index is 12.7. The molecule has 0 bridgehead atoms. The van der Waals surface area contributed by atoms with Gasteiger partial charge in [0, 0.05) is 57.7 Å². The number of aryl methyl sites for hydroxylation is 1. The standard InChI is InChI=1S/C20H28N4O3/c1-16-15-17-3-2-4-18(19(17)27-16)21-20(25)24-9-7-22(8-10-24)5-6-23-11-13-26-14-12-23/h2-4,15H,5-14H2,1H3,(H,21,25). The van der Waals surface area contributed by atoms with Gasteiger partial charge < -0.3 is 19.4 Å². The number of ether oxygens (including phenoxy) is 1. The number of amides is 2. The number of urea groups is 1. The molecule has 0 radical (unpaired) electrons. The number of hydrogen-bond donors (Lipinski definition) is 1. The molecule has 0 saturated carbocycles. The van der Waals surface area contributed by atoms with Gasteiger partial charge in [-0.05, 0) is 19.1 Å². The van der Waals surface area contributed by atoms with E-state index in [-0.39, 0.29) is 6.03 Å². The molecule has 1 aromatic heterocycles. The molecule has 0 spiro atoms. The molecule has 2 fully saturated rings. The number of piperazine rings is 1. The van der Waals surface area contributed by atoms with Gasteiger partial charge in [0.05, 0.1) is 18.9 Å². The minimum atomic E-state index is -0.0515. The predicted molar refractivity (Wildman–Crippen MR) is 105 cm³/mol. The van der Waals surface area contributed by atoms with Crippen LogP contribution in [-0.2, 0) is 4.74 Å². The van der Waals surface area contributed by atoms with Crippen LogP contribution in [0.1, 0.15) is 5.76 Å². The molecule has 0 atom stereocenters. The lowest BCUT2D eigenvalue weighted by Gasteiger charge is -2.36. The lowest BCUT2D eigenvalue weighted by molar-refractivity contribution is 0.0311. The second kappa shape index (κ2) is 8.29. The number of rotatable bonds is 4. The van der Waals surface area contributed by atoms with Crippen LogP contribution in [-0.4, -0.2) is 86.3 Å². The molecule has 7 nitrogen and oxygen atoms in total. The van der Waals surface area contributed by atoms with Crippen molar-refractivity contribution in [1.82, 2.24) is 14.7 Å². The van der Waals surface area contributed by atoms with Crippen LogP contribution in [0.25, 0.3) is 11.0 Å². The molecule has 27 heavy (non-hydrogen) atoms. The third-order valence-corrected chi connectivity index (χ3v) is 5.40. The molecule has 146 valence electrons. The summed E-state index contributed by atoms with van der Waals surface area (Å²) in [6, 6.07) is 7.76. The Morgan fingerprint density at radius 1 is 1.04 bits per heavy atom. The molecule has 1 aromatic carbocycles. The van der Waals surface area contributed by atoms with Gasteiger partial charge >= 0.3 is 6.03 Å². The maximum Gasteiger partial charge on any atom is 0.322 e. The largest absolute Gasteiger partial charge is 0.459 e. The lowest BCUT2D eigenvalue weighted by atomic mass is 10.2. The fourth-order valence-electron chi connectivity index (χ4n) is 3.77. The van der Waals surface area contributed by atoms with Crippen LogP contribution in [0.4, 0.5) is 10.5 Å². The van der Waals surface area contributed by atoms with E-state index in [1.165, 1.54) is 0 Å². The zero-order chi connectivity index (χ0) is 18.6. The summed E-state index contributed by atoms with van der Waals surface area (Å²) in [5.74, 6) is 0.848. The topological polar surface area (TPSA) is 61.2 Å². The Morgan fingerprint density at radius 3 is 2.48 bits per heavy atom. The number of anilines is 1.